The molecule has 2 fully saturated rings. The van der Waals surface area contributed by atoms with Gasteiger partial charge in [0.15, 0.2) is 0 Å². The number of nitrogens with zero attached hydrogens (tertiary/aromatic N) is 4. The molecule has 0 unspecified atom stereocenters. The van der Waals surface area contributed by atoms with Crippen LogP contribution in [0.5, 0.6) is 0 Å². The third-order valence-electron chi connectivity index (χ3n) is 5.78. The molecular weight excluding hydrogens is 348 g/mol. The number of hydrogen-bond donors (Lipinski definition) is 0. The number of hydrogen-bond acceptors (Lipinski definition) is 3. The largest absolute Gasteiger partial charge is 0.322 e. The van der Waals surface area contributed by atoms with E-state index in [0.717, 1.165) is 65.4 Å². The number of carbonyl (C=O) groups excluding carboxylic acids is 1. The Morgan fingerprint density at radius 2 is 0.929 bits per heavy atom. The highest BCUT2D eigenvalue weighted by atomic mass is 16.2. The van der Waals surface area contributed by atoms with E-state index in [-0.39, 0.29) is 6.03 Å². The fraction of sp³-hybridized carbons (Fsp3) is 0.435. The van der Waals surface area contributed by atoms with Crippen LogP contribution in [-0.4, -0.2) is 78.0 Å². The van der Waals surface area contributed by atoms with Crippen LogP contribution in [0.4, 0.5) is 4.79 Å². The SMILES string of the molecule is O=C(N1CCN(Cc2ccccc2)CC1)N1CCN(Cc2ccccc2)CC1. The van der Waals surface area contributed by atoms with Crippen LogP contribution in [-0.2, 0) is 13.1 Å². The molecule has 0 N–H and O–H groups in total. The molecule has 2 aromatic carbocycles. The molecule has 4 rings (SSSR count). The standard InChI is InChI=1S/C23H30N4O/c28-23(26-15-11-24(12-16-26)19-21-7-3-1-4-8-21)27-17-13-25(14-18-27)20-22-9-5-2-6-10-22/h1-10H,11-20H2. The molecule has 148 valence electrons. The van der Waals surface area contributed by atoms with Crippen molar-refractivity contribution in [2.45, 2.75) is 13.1 Å². The lowest BCUT2D eigenvalue weighted by molar-refractivity contribution is 0.0870. The number of urea groups is 1. The summed E-state index contributed by atoms with van der Waals surface area (Å²) in [6, 6.07) is 21.4. The van der Waals surface area contributed by atoms with Gasteiger partial charge >= 0.3 is 6.03 Å². The van der Waals surface area contributed by atoms with Gasteiger partial charge in [0.05, 0.1) is 0 Å². The van der Waals surface area contributed by atoms with E-state index in [1.54, 1.807) is 0 Å². The second kappa shape index (κ2) is 9.22. The van der Waals surface area contributed by atoms with Gasteiger partial charge in [-0.2, -0.15) is 0 Å². The molecule has 2 amide bonds. The maximum absolute atomic E-state index is 12.9. The van der Waals surface area contributed by atoms with Crippen molar-refractivity contribution in [3.05, 3.63) is 71.8 Å². The van der Waals surface area contributed by atoms with Gasteiger partial charge in [0, 0.05) is 65.4 Å². The first-order valence-corrected chi connectivity index (χ1v) is 10.3. The minimum absolute atomic E-state index is 0.221. The molecule has 5 nitrogen and oxygen atoms in total. The van der Waals surface area contributed by atoms with Crippen molar-refractivity contribution < 1.29 is 4.79 Å². The predicted molar refractivity (Wildman–Crippen MR) is 112 cm³/mol. The van der Waals surface area contributed by atoms with E-state index < -0.39 is 0 Å². The van der Waals surface area contributed by atoms with Gasteiger partial charge in [0.25, 0.3) is 0 Å². The molecule has 28 heavy (non-hydrogen) atoms. The molecule has 2 aromatic rings. The molecule has 0 radical (unpaired) electrons. The van der Waals surface area contributed by atoms with Crippen LogP contribution in [0.25, 0.3) is 0 Å². The Kier molecular flexibility index (Phi) is 6.24. The van der Waals surface area contributed by atoms with Crippen molar-refractivity contribution >= 4 is 6.03 Å². The molecule has 0 aliphatic carbocycles. The number of rotatable bonds is 4. The van der Waals surface area contributed by atoms with Crippen LogP contribution in [0.3, 0.4) is 0 Å². The Morgan fingerprint density at radius 1 is 0.571 bits per heavy atom. The lowest BCUT2D eigenvalue weighted by atomic mass is 10.2. The fourth-order valence-electron chi connectivity index (χ4n) is 4.08. The van der Waals surface area contributed by atoms with E-state index in [1.165, 1.54) is 11.1 Å². The van der Waals surface area contributed by atoms with E-state index in [1.807, 2.05) is 9.80 Å². The summed E-state index contributed by atoms with van der Waals surface area (Å²) < 4.78 is 0. The van der Waals surface area contributed by atoms with Crippen LogP contribution >= 0.6 is 0 Å². The molecule has 0 bridgehead atoms. The van der Waals surface area contributed by atoms with Gasteiger partial charge in [-0.15, -0.1) is 0 Å². The predicted octanol–water partition coefficient (Wildman–Crippen LogP) is 2.74. The topological polar surface area (TPSA) is 30.0 Å². The first-order chi connectivity index (χ1) is 13.8. The highest BCUT2D eigenvalue weighted by Gasteiger charge is 2.27. The van der Waals surface area contributed by atoms with Crippen LogP contribution in [0.2, 0.25) is 0 Å². The van der Waals surface area contributed by atoms with E-state index in [2.05, 4.69) is 70.5 Å². The average molecular weight is 379 g/mol. The quantitative estimate of drug-likeness (QED) is 0.820. The Labute approximate surface area is 168 Å². The van der Waals surface area contributed by atoms with E-state index in [0.29, 0.717) is 0 Å². The van der Waals surface area contributed by atoms with Gasteiger partial charge in [0.1, 0.15) is 0 Å². The van der Waals surface area contributed by atoms with E-state index in [4.69, 9.17) is 0 Å². The second-order valence-electron chi connectivity index (χ2n) is 7.78. The number of amides is 2. The summed E-state index contributed by atoms with van der Waals surface area (Å²) in [5.41, 5.74) is 2.69. The molecular formula is C23H30N4O. The Bertz CT molecular complexity index is 672. The Balaban J connectivity index is 1.20. The van der Waals surface area contributed by atoms with Crippen LogP contribution in [0, 0.1) is 0 Å². The van der Waals surface area contributed by atoms with E-state index >= 15 is 0 Å². The molecule has 0 saturated carbocycles. The molecule has 0 aromatic heterocycles. The van der Waals surface area contributed by atoms with Gasteiger partial charge in [-0.05, 0) is 11.1 Å². The molecule has 5 heteroatoms. The summed E-state index contributed by atoms with van der Waals surface area (Å²) in [5, 5.41) is 0. The zero-order chi connectivity index (χ0) is 19.2. The summed E-state index contributed by atoms with van der Waals surface area (Å²) in [4.78, 5) is 21.9. The smallest absolute Gasteiger partial charge is 0.320 e. The highest BCUT2D eigenvalue weighted by molar-refractivity contribution is 5.74. The molecule has 0 spiro atoms. The lowest BCUT2D eigenvalue weighted by Gasteiger charge is -2.40. The first-order valence-electron chi connectivity index (χ1n) is 10.3. The van der Waals surface area contributed by atoms with Crippen LogP contribution in [0.1, 0.15) is 11.1 Å². The highest BCUT2D eigenvalue weighted by Crippen LogP contribution is 2.13. The zero-order valence-corrected chi connectivity index (χ0v) is 16.5. The maximum atomic E-state index is 12.9. The molecule has 0 atom stereocenters. The summed E-state index contributed by atoms with van der Waals surface area (Å²) >= 11 is 0. The van der Waals surface area contributed by atoms with Crippen molar-refractivity contribution in [1.29, 1.82) is 0 Å². The summed E-state index contributed by atoms with van der Waals surface area (Å²) in [6.07, 6.45) is 0. The third-order valence-corrected chi connectivity index (χ3v) is 5.78. The van der Waals surface area contributed by atoms with Crippen molar-refractivity contribution in [3.63, 3.8) is 0 Å². The van der Waals surface area contributed by atoms with Crippen molar-refractivity contribution in [2.75, 3.05) is 52.4 Å². The second-order valence-corrected chi connectivity index (χ2v) is 7.78. The summed E-state index contributed by atoms with van der Waals surface area (Å²) in [6.45, 7) is 9.08. The molecule has 2 heterocycles. The van der Waals surface area contributed by atoms with Crippen molar-refractivity contribution in [2.24, 2.45) is 0 Å². The Hall–Kier alpha value is -2.37. The number of piperazine rings is 2. The fourth-order valence-corrected chi connectivity index (χ4v) is 4.08. The minimum atomic E-state index is 0.221. The van der Waals surface area contributed by atoms with Crippen LogP contribution < -0.4 is 0 Å². The van der Waals surface area contributed by atoms with E-state index in [9.17, 15) is 4.79 Å². The maximum Gasteiger partial charge on any atom is 0.320 e. The average Bonchev–Trinajstić information content (AvgIpc) is 2.76. The minimum Gasteiger partial charge on any atom is -0.322 e. The Morgan fingerprint density at radius 3 is 1.29 bits per heavy atom. The molecule has 2 saturated heterocycles. The monoisotopic (exact) mass is 378 g/mol. The van der Waals surface area contributed by atoms with Gasteiger partial charge < -0.3 is 9.80 Å². The van der Waals surface area contributed by atoms with Gasteiger partial charge in [0.2, 0.25) is 0 Å². The summed E-state index contributed by atoms with van der Waals surface area (Å²) in [5.74, 6) is 0. The number of carbonyl (C=O) groups is 1. The first kappa shape index (κ1) is 19.0. The van der Waals surface area contributed by atoms with Gasteiger partial charge in [-0.25, -0.2) is 4.79 Å². The van der Waals surface area contributed by atoms with Crippen molar-refractivity contribution in [3.8, 4) is 0 Å². The molecule has 2 aliphatic heterocycles. The van der Waals surface area contributed by atoms with Gasteiger partial charge in [-0.1, -0.05) is 60.7 Å². The normalized spacial score (nSPS) is 19.0. The number of benzene rings is 2. The zero-order valence-electron chi connectivity index (χ0n) is 16.5. The van der Waals surface area contributed by atoms with Gasteiger partial charge in [-0.3, -0.25) is 9.80 Å². The molecule has 2 aliphatic rings. The lowest BCUT2D eigenvalue weighted by Crippen LogP contribution is -2.56. The summed E-state index contributed by atoms with van der Waals surface area (Å²) in [7, 11) is 0. The third kappa shape index (κ3) is 4.91. The van der Waals surface area contributed by atoms with Crippen molar-refractivity contribution in [1.82, 2.24) is 19.6 Å². The van der Waals surface area contributed by atoms with Crippen LogP contribution in [0.15, 0.2) is 60.7 Å².